The number of H-pyrrole nitrogens is 1. The van der Waals surface area contributed by atoms with E-state index in [9.17, 15) is 9.59 Å². The molecule has 1 saturated heterocycles. The third kappa shape index (κ3) is 7.22. The molecule has 0 unspecified atom stereocenters. The maximum absolute atomic E-state index is 13.4. The number of nitrogens with zero attached hydrogens (tertiary/aromatic N) is 5. The van der Waals surface area contributed by atoms with Gasteiger partial charge in [0.2, 0.25) is 0 Å². The molecule has 0 radical (unpaired) electrons. The van der Waals surface area contributed by atoms with E-state index in [1.807, 2.05) is 30.5 Å². The van der Waals surface area contributed by atoms with E-state index in [1.165, 1.54) is 23.5 Å². The van der Waals surface area contributed by atoms with Crippen molar-refractivity contribution in [1.82, 2.24) is 29.6 Å². The van der Waals surface area contributed by atoms with Crippen LogP contribution in [-0.4, -0.2) is 68.2 Å². The molecule has 2 amide bonds. The number of anilines is 2. The summed E-state index contributed by atoms with van der Waals surface area (Å²) in [6.45, 7) is 10.5. The molecule has 1 aliphatic rings. The summed E-state index contributed by atoms with van der Waals surface area (Å²) < 4.78 is 13.3. The van der Waals surface area contributed by atoms with Crippen molar-refractivity contribution in [1.29, 1.82) is 0 Å². The van der Waals surface area contributed by atoms with E-state index in [4.69, 9.17) is 14.6 Å². The van der Waals surface area contributed by atoms with Gasteiger partial charge >= 0.3 is 6.03 Å². The van der Waals surface area contributed by atoms with Gasteiger partial charge in [-0.25, -0.2) is 19.4 Å². The molecule has 3 aromatic heterocycles. The van der Waals surface area contributed by atoms with Crippen LogP contribution in [0, 0.1) is 0 Å². The standard InChI is InChI=1S/C33H36N8O4S/c1-33(2,3)27-18-28(41(39-27)22-7-5-21(6-8-22)20-40-13-15-44-16-14-40)37-32(43)36-24-10-9-23(17-26(24)46-4)45-25-11-12-34-31-30(25)35-19-29(42)38-31/h5-12,17-19H,13-16,20H2,1-4H3,(H,34,38,42)(H2,36,37,43). The Morgan fingerprint density at radius 3 is 2.57 bits per heavy atom. The Morgan fingerprint density at radius 2 is 1.83 bits per heavy atom. The summed E-state index contributed by atoms with van der Waals surface area (Å²) in [5.74, 6) is 1.55. The second kappa shape index (κ2) is 13.3. The Labute approximate surface area is 270 Å². The van der Waals surface area contributed by atoms with Gasteiger partial charge in [-0.1, -0.05) is 32.9 Å². The van der Waals surface area contributed by atoms with E-state index in [0.717, 1.165) is 49.1 Å². The van der Waals surface area contributed by atoms with Crippen LogP contribution >= 0.6 is 11.8 Å². The summed E-state index contributed by atoms with van der Waals surface area (Å²) in [5.41, 5.74) is 3.75. The third-order valence-corrected chi connectivity index (χ3v) is 8.28. The van der Waals surface area contributed by atoms with Crippen LogP contribution in [0.15, 0.2) is 76.7 Å². The number of rotatable bonds is 8. The van der Waals surface area contributed by atoms with Crippen LogP contribution < -0.4 is 20.9 Å². The molecule has 0 spiro atoms. The van der Waals surface area contributed by atoms with Gasteiger partial charge in [-0.2, -0.15) is 5.10 Å². The maximum atomic E-state index is 13.4. The van der Waals surface area contributed by atoms with Gasteiger partial charge in [0.25, 0.3) is 5.56 Å². The molecule has 238 valence electrons. The zero-order chi connectivity index (χ0) is 32.3. The highest BCUT2D eigenvalue weighted by Crippen LogP contribution is 2.34. The lowest BCUT2D eigenvalue weighted by Crippen LogP contribution is -2.35. The minimum atomic E-state index is -0.400. The average Bonchev–Trinajstić information content (AvgIpc) is 3.47. The molecule has 12 nitrogen and oxygen atoms in total. The van der Waals surface area contributed by atoms with Crippen LogP contribution in [-0.2, 0) is 16.7 Å². The van der Waals surface area contributed by atoms with Gasteiger partial charge < -0.3 is 19.8 Å². The highest BCUT2D eigenvalue weighted by molar-refractivity contribution is 7.98. The molecular formula is C33H36N8O4S. The number of hydrogen-bond acceptors (Lipinski definition) is 9. The van der Waals surface area contributed by atoms with Crippen molar-refractivity contribution in [2.24, 2.45) is 0 Å². The predicted molar refractivity (Wildman–Crippen MR) is 179 cm³/mol. The van der Waals surface area contributed by atoms with E-state index >= 15 is 0 Å². The molecule has 46 heavy (non-hydrogen) atoms. The van der Waals surface area contributed by atoms with E-state index in [0.29, 0.717) is 34.2 Å². The fourth-order valence-corrected chi connectivity index (χ4v) is 5.61. The first-order valence-corrected chi connectivity index (χ1v) is 16.2. The fourth-order valence-electron chi connectivity index (χ4n) is 5.04. The number of fused-ring (bicyclic) bond motifs is 1. The highest BCUT2D eigenvalue weighted by atomic mass is 32.2. The second-order valence-corrected chi connectivity index (χ2v) is 12.8. The number of pyridine rings is 1. The molecule has 5 aromatic rings. The number of aromatic amines is 1. The Bertz CT molecular complexity index is 1910. The Kier molecular flexibility index (Phi) is 9.06. The molecule has 0 atom stereocenters. The largest absolute Gasteiger partial charge is 0.455 e. The molecule has 0 aliphatic carbocycles. The summed E-state index contributed by atoms with van der Waals surface area (Å²) in [4.78, 5) is 39.2. The molecule has 6 rings (SSSR count). The number of amides is 2. The number of morpholine rings is 1. The number of aromatic nitrogens is 5. The van der Waals surface area contributed by atoms with E-state index in [2.05, 4.69) is 63.4 Å². The molecule has 0 saturated carbocycles. The van der Waals surface area contributed by atoms with Gasteiger partial charge in [-0.15, -0.1) is 11.8 Å². The minimum absolute atomic E-state index is 0.221. The Hall–Kier alpha value is -4.72. The lowest BCUT2D eigenvalue weighted by molar-refractivity contribution is 0.0342. The zero-order valence-electron chi connectivity index (χ0n) is 26.2. The van der Waals surface area contributed by atoms with Crippen LogP contribution in [0.2, 0.25) is 0 Å². The van der Waals surface area contributed by atoms with Crippen molar-refractivity contribution in [2.45, 2.75) is 37.6 Å². The lowest BCUT2D eigenvalue weighted by Gasteiger charge is -2.26. The van der Waals surface area contributed by atoms with Crippen molar-refractivity contribution in [2.75, 3.05) is 43.2 Å². The predicted octanol–water partition coefficient (Wildman–Crippen LogP) is 5.79. The number of urea groups is 1. The molecule has 2 aromatic carbocycles. The number of carbonyl (C=O) groups is 1. The van der Waals surface area contributed by atoms with Crippen LogP contribution in [0.5, 0.6) is 11.5 Å². The van der Waals surface area contributed by atoms with Gasteiger partial charge in [0.1, 0.15) is 17.1 Å². The Balaban J connectivity index is 1.19. The highest BCUT2D eigenvalue weighted by Gasteiger charge is 2.22. The van der Waals surface area contributed by atoms with Crippen molar-refractivity contribution in [3.05, 3.63) is 88.6 Å². The number of nitrogens with one attached hydrogen (secondary N) is 3. The first-order chi connectivity index (χ1) is 22.2. The number of ether oxygens (including phenoxy) is 2. The quantitative estimate of drug-likeness (QED) is 0.180. The van der Waals surface area contributed by atoms with E-state index < -0.39 is 6.03 Å². The number of carbonyl (C=O) groups excluding carboxylic acids is 1. The summed E-state index contributed by atoms with van der Waals surface area (Å²) in [6.07, 6.45) is 4.65. The maximum Gasteiger partial charge on any atom is 0.324 e. The van der Waals surface area contributed by atoms with E-state index in [-0.39, 0.29) is 11.0 Å². The molecule has 1 fully saturated rings. The summed E-state index contributed by atoms with van der Waals surface area (Å²) in [5, 5.41) is 10.8. The normalized spacial score (nSPS) is 13.9. The number of benzene rings is 2. The van der Waals surface area contributed by atoms with Crippen LogP contribution in [0.3, 0.4) is 0 Å². The minimum Gasteiger partial charge on any atom is -0.455 e. The van der Waals surface area contributed by atoms with Crippen molar-refractivity contribution < 1.29 is 14.3 Å². The van der Waals surface area contributed by atoms with Crippen molar-refractivity contribution in [3.8, 4) is 17.2 Å². The SMILES string of the molecule is CSc1cc(Oc2ccnc3[nH]c(=O)cnc23)ccc1NC(=O)Nc1cc(C(C)(C)C)nn1-c1ccc(CN2CCOCC2)cc1. The average molecular weight is 641 g/mol. The van der Waals surface area contributed by atoms with Gasteiger partial charge in [-0.05, 0) is 42.2 Å². The monoisotopic (exact) mass is 640 g/mol. The Morgan fingerprint density at radius 1 is 1.04 bits per heavy atom. The fraction of sp³-hybridized carbons (Fsp3) is 0.303. The van der Waals surface area contributed by atoms with Crippen molar-refractivity contribution in [3.63, 3.8) is 0 Å². The first-order valence-electron chi connectivity index (χ1n) is 14.9. The second-order valence-electron chi connectivity index (χ2n) is 11.9. The van der Waals surface area contributed by atoms with E-state index in [1.54, 1.807) is 29.1 Å². The molecule has 0 bridgehead atoms. The molecule has 1 aliphatic heterocycles. The third-order valence-electron chi connectivity index (χ3n) is 7.50. The van der Waals surface area contributed by atoms with Crippen LogP contribution in [0.1, 0.15) is 32.0 Å². The summed E-state index contributed by atoms with van der Waals surface area (Å²) >= 11 is 1.47. The lowest BCUT2D eigenvalue weighted by atomic mass is 9.92. The van der Waals surface area contributed by atoms with Crippen molar-refractivity contribution >= 4 is 40.5 Å². The molecule has 3 N–H and O–H groups in total. The molecular weight excluding hydrogens is 604 g/mol. The van der Waals surface area contributed by atoms with Gasteiger partial charge in [0, 0.05) is 48.3 Å². The summed E-state index contributed by atoms with van der Waals surface area (Å²) in [6, 6.07) is 16.8. The van der Waals surface area contributed by atoms with Gasteiger partial charge in [-0.3, -0.25) is 15.0 Å². The van der Waals surface area contributed by atoms with Gasteiger partial charge in [0.15, 0.2) is 11.4 Å². The van der Waals surface area contributed by atoms with Crippen LogP contribution in [0.4, 0.5) is 16.3 Å². The number of hydrogen-bond donors (Lipinski definition) is 3. The number of thioether (sulfide) groups is 1. The molecule has 13 heteroatoms. The smallest absolute Gasteiger partial charge is 0.324 e. The first kappa shape index (κ1) is 31.3. The van der Waals surface area contributed by atoms with Gasteiger partial charge in [0.05, 0.1) is 36.5 Å². The summed E-state index contributed by atoms with van der Waals surface area (Å²) in [7, 11) is 0. The van der Waals surface area contributed by atoms with Crippen LogP contribution in [0.25, 0.3) is 16.9 Å². The zero-order valence-corrected chi connectivity index (χ0v) is 27.0. The molecule has 4 heterocycles. The topological polar surface area (TPSA) is 139 Å².